The van der Waals surface area contributed by atoms with Crippen molar-refractivity contribution in [3.05, 3.63) is 42.1 Å². The third kappa shape index (κ3) is 3.81. The number of hydrogen-bond donors (Lipinski definition) is 0. The van der Waals surface area contributed by atoms with Gasteiger partial charge in [0, 0.05) is 39.1 Å². The molecule has 1 atom stereocenters. The van der Waals surface area contributed by atoms with Crippen molar-refractivity contribution in [2.75, 3.05) is 19.6 Å². The molecule has 4 rings (SSSR count). The van der Waals surface area contributed by atoms with Crippen LogP contribution >= 0.6 is 0 Å². The lowest BCUT2D eigenvalue weighted by atomic mass is 9.98. The smallest absolute Gasteiger partial charge is 0.274 e. The van der Waals surface area contributed by atoms with Gasteiger partial charge in [0.15, 0.2) is 5.69 Å². The molecule has 2 aliphatic heterocycles. The lowest BCUT2D eigenvalue weighted by Crippen LogP contribution is -2.45. The fraction of sp³-hybridized carbons (Fsp3) is 0.500. The Labute approximate surface area is 166 Å². The molecule has 0 saturated carbocycles. The molecule has 2 fully saturated rings. The molecule has 2 amide bonds. The lowest BCUT2D eigenvalue weighted by molar-refractivity contribution is -0.127. The Balaban J connectivity index is 1.48. The van der Waals surface area contributed by atoms with Crippen molar-refractivity contribution in [3.8, 4) is 11.3 Å². The van der Waals surface area contributed by atoms with E-state index in [0.717, 1.165) is 63.0 Å². The van der Waals surface area contributed by atoms with E-state index in [1.165, 1.54) is 0 Å². The molecule has 28 heavy (non-hydrogen) atoms. The molecule has 0 bridgehead atoms. The van der Waals surface area contributed by atoms with Gasteiger partial charge in [-0.2, -0.15) is 5.10 Å². The first-order valence-corrected chi connectivity index (χ1v) is 10.3. The minimum atomic E-state index is 0.00947. The number of nitrogens with zero attached hydrogens (tertiary/aromatic N) is 4. The molecule has 0 unspecified atom stereocenters. The Morgan fingerprint density at radius 2 is 1.96 bits per heavy atom. The summed E-state index contributed by atoms with van der Waals surface area (Å²) in [6.07, 6.45) is 5.66. The van der Waals surface area contributed by atoms with Crippen molar-refractivity contribution < 1.29 is 9.59 Å². The molecule has 6 nitrogen and oxygen atoms in total. The number of carbonyl (C=O) groups excluding carboxylic acids is 2. The third-order valence-electron chi connectivity index (χ3n) is 5.96. The highest BCUT2D eigenvalue weighted by atomic mass is 16.2. The molecule has 148 valence electrons. The molecule has 1 aromatic heterocycles. The Morgan fingerprint density at radius 3 is 2.71 bits per heavy atom. The third-order valence-corrected chi connectivity index (χ3v) is 5.96. The first-order chi connectivity index (χ1) is 13.6. The number of amides is 2. The predicted molar refractivity (Wildman–Crippen MR) is 108 cm³/mol. The van der Waals surface area contributed by atoms with E-state index in [1.54, 1.807) is 4.68 Å². The maximum Gasteiger partial charge on any atom is 0.274 e. The van der Waals surface area contributed by atoms with Gasteiger partial charge in [0.05, 0.1) is 5.69 Å². The molecule has 2 aromatic rings. The standard InChI is InChI=1S/C22H28N4O2/c1-24-20(17-8-3-2-4-9-17)16-19(23-24)22(28)26-14-6-5-10-18(26)12-15-25-13-7-11-21(25)27/h2-4,8-9,16,18H,5-7,10-15H2,1H3/t18-/m0/s1. The number of carbonyl (C=O) groups is 2. The topological polar surface area (TPSA) is 58.4 Å². The zero-order valence-electron chi connectivity index (χ0n) is 16.5. The second-order valence-electron chi connectivity index (χ2n) is 7.83. The molecule has 6 heteroatoms. The van der Waals surface area contributed by atoms with Gasteiger partial charge < -0.3 is 9.80 Å². The number of hydrogen-bond acceptors (Lipinski definition) is 3. The van der Waals surface area contributed by atoms with Crippen LogP contribution < -0.4 is 0 Å². The van der Waals surface area contributed by atoms with Crippen molar-refractivity contribution >= 4 is 11.8 Å². The summed E-state index contributed by atoms with van der Waals surface area (Å²) in [6, 6.07) is 12.1. The van der Waals surface area contributed by atoms with Crippen LogP contribution in [0.1, 0.15) is 49.0 Å². The zero-order valence-corrected chi connectivity index (χ0v) is 16.5. The molecule has 0 aliphatic carbocycles. The average molecular weight is 380 g/mol. The van der Waals surface area contributed by atoms with Crippen LogP contribution in [0.2, 0.25) is 0 Å². The van der Waals surface area contributed by atoms with E-state index >= 15 is 0 Å². The minimum Gasteiger partial charge on any atom is -0.343 e. The van der Waals surface area contributed by atoms with Gasteiger partial charge in [-0.25, -0.2) is 0 Å². The Hall–Kier alpha value is -2.63. The van der Waals surface area contributed by atoms with Crippen LogP contribution in [0, 0.1) is 0 Å². The molecule has 2 aliphatic rings. The van der Waals surface area contributed by atoms with Gasteiger partial charge >= 0.3 is 0 Å². The molecule has 3 heterocycles. The van der Waals surface area contributed by atoms with Crippen LogP contribution in [0.25, 0.3) is 11.3 Å². The van der Waals surface area contributed by atoms with Gasteiger partial charge in [0.1, 0.15) is 0 Å². The Kier molecular flexibility index (Phi) is 5.46. The minimum absolute atomic E-state index is 0.00947. The van der Waals surface area contributed by atoms with Crippen LogP contribution in [0.15, 0.2) is 36.4 Å². The molecule has 1 aromatic carbocycles. The number of aromatic nitrogens is 2. The maximum atomic E-state index is 13.2. The fourth-order valence-corrected chi connectivity index (χ4v) is 4.41. The van der Waals surface area contributed by atoms with Gasteiger partial charge in [-0.3, -0.25) is 14.3 Å². The predicted octanol–water partition coefficient (Wildman–Crippen LogP) is 3.09. The molecule has 0 radical (unpaired) electrons. The van der Waals surface area contributed by atoms with Crippen molar-refractivity contribution in [3.63, 3.8) is 0 Å². The highest BCUT2D eigenvalue weighted by molar-refractivity contribution is 5.93. The van der Waals surface area contributed by atoms with E-state index in [1.807, 2.05) is 53.2 Å². The van der Waals surface area contributed by atoms with Crippen molar-refractivity contribution in [2.45, 2.75) is 44.6 Å². The second-order valence-corrected chi connectivity index (χ2v) is 7.83. The number of piperidine rings is 1. The summed E-state index contributed by atoms with van der Waals surface area (Å²) in [5.74, 6) is 0.265. The summed E-state index contributed by atoms with van der Waals surface area (Å²) < 4.78 is 1.78. The SMILES string of the molecule is Cn1nc(C(=O)N2CCCC[C@H]2CCN2CCCC2=O)cc1-c1ccccc1. The van der Waals surface area contributed by atoms with Crippen LogP contribution in [0.3, 0.4) is 0 Å². The van der Waals surface area contributed by atoms with Crippen molar-refractivity contribution in [1.82, 2.24) is 19.6 Å². The van der Waals surface area contributed by atoms with E-state index in [-0.39, 0.29) is 17.9 Å². The van der Waals surface area contributed by atoms with Crippen LogP contribution in [0.5, 0.6) is 0 Å². The zero-order chi connectivity index (χ0) is 19.5. The maximum absolute atomic E-state index is 13.2. The van der Waals surface area contributed by atoms with E-state index in [9.17, 15) is 9.59 Å². The van der Waals surface area contributed by atoms with Gasteiger partial charge in [-0.1, -0.05) is 30.3 Å². The molecule has 0 N–H and O–H groups in total. The summed E-state index contributed by atoms with van der Waals surface area (Å²) in [6.45, 7) is 2.39. The monoisotopic (exact) mass is 380 g/mol. The van der Waals surface area contributed by atoms with Gasteiger partial charge in [-0.15, -0.1) is 0 Å². The molecule has 0 spiro atoms. The van der Waals surface area contributed by atoms with E-state index in [0.29, 0.717) is 12.1 Å². The largest absolute Gasteiger partial charge is 0.343 e. The number of aryl methyl sites for hydroxylation is 1. The lowest BCUT2D eigenvalue weighted by Gasteiger charge is -2.36. The van der Waals surface area contributed by atoms with Crippen molar-refractivity contribution in [2.24, 2.45) is 7.05 Å². The van der Waals surface area contributed by atoms with Gasteiger partial charge in [0.2, 0.25) is 5.91 Å². The van der Waals surface area contributed by atoms with Crippen LogP contribution in [-0.2, 0) is 11.8 Å². The quantitative estimate of drug-likeness (QED) is 0.801. The molecule has 2 saturated heterocycles. The summed E-state index contributed by atoms with van der Waals surface area (Å²) in [5.41, 5.74) is 2.50. The van der Waals surface area contributed by atoms with Crippen molar-refractivity contribution in [1.29, 1.82) is 0 Å². The number of rotatable bonds is 5. The van der Waals surface area contributed by atoms with E-state index in [4.69, 9.17) is 0 Å². The Bertz CT molecular complexity index is 845. The highest BCUT2D eigenvalue weighted by Crippen LogP contribution is 2.25. The van der Waals surface area contributed by atoms with Crippen LogP contribution in [0.4, 0.5) is 0 Å². The number of likely N-dealkylation sites (tertiary alicyclic amines) is 2. The van der Waals surface area contributed by atoms with E-state index in [2.05, 4.69) is 5.10 Å². The van der Waals surface area contributed by atoms with E-state index < -0.39 is 0 Å². The average Bonchev–Trinajstić information content (AvgIpc) is 3.32. The highest BCUT2D eigenvalue weighted by Gasteiger charge is 2.30. The molecular formula is C22H28N4O2. The Morgan fingerprint density at radius 1 is 1.14 bits per heavy atom. The molecular weight excluding hydrogens is 352 g/mol. The second kappa shape index (κ2) is 8.17. The first-order valence-electron chi connectivity index (χ1n) is 10.3. The summed E-state index contributed by atoms with van der Waals surface area (Å²) in [4.78, 5) is 29.1. The summed E-state index contributed by atoms with van der Waals surface area (Å²) in [5, 5.41) is 4.51. The summed E-state index contributed by atoms with van der Waals surface area (Å²) in [7, 11) is 1.88. The van der Waals surface area contributed by atoms with Crippen LogP contribution in [-0.4, -0.2) is 57.1 Å². The normalized spacial score (nSPS) is 20.0. The van der Waals surface area contributed by atoms with Gasteiger partial charge in [-0.05, 0) is 43.7 Å². The fourth-order valence-electron chi connectivity index (χ4n) is 4.41. The first kappa shape index (κ1) is 18.7. The number of benzene rings is 1. The summed E-state index contributed by atoms with van der Waals surface area (Å²) >= 11 is 0. The van der Waals surface area contributed by atoms with Gasteiger partial charge in [0.25, 0.3) is 5.91 Å².